The molecule has 2 rings (SSSR count). The van der Waals surface area contributed by atoms with Crippen LogP contribution in [0.25, 0.3) is 0 Å². The molecule has 8 nitrogen and oxygen atoms in total. The third-order valence-corrected chi connectivity index (χ3v) is 7.49. The summed E-state index contributed by atoms with van der Waals surface area (Å²) in [5.41, 5.74) is 5.48. The number of carbonyl (C=O) groups excluding carboxylic acids is 4. The average Bonchev–Trinajstić information content (AvgIpc) is 2.95. The number of benzene rings is 2. The molecule has 3 atom stereocenters. The summed E-state index contributed by atoms with van der Waals surface area (Å²) in [4.78, 5) is 52.7. The minimum absolute atomic E-state index is 0.0936. The van der Waals surface area contributed by atoms with Crippen molar-refractivity contribution >= 4 is 23.5 Å². The van der Waals surface area contributed by atoms with Gasteiger partial charge in [0, 0.05) is 35.1 Å². The summed E-state index contributed by atoms with van der Waals surface area (Å²) in [6.45, 7) is 10.9. The van der Waals surface area contributed by atoms with Crippen LogP contribution in [0.4, 0.5) is 0 Å². The molecule has 0 aliphatic heterocycles. The molecular weight excluding hydrogens is 522 g/mol. The van der Waals surface area contributed by atoms with Crippen LogP contribution in [0.15, 0.2) is 48.5 Å². The van der Waals surface area contributed by atoms with E-state index in [0.29, 0.717) is 24.8 Å². The summed E-state index contributed by atoms with van der Waals surface area (Å²) in [6, 6.07) is 12.9. The molecule has 0 fully saturated rings. The highest BCUT2D eigenvalue weighted by atomic mass is 16.6. The topological polar surface area (TPSA) is 122 Å². The lowest BCUT2D eigenvalue weighted by atomic mass is 9.75. The molecule has 0 spiro atoms. The maximum atomic E-state index is 13.4. The number of methoxy groups -OCH3 is 1. The molecule has 0 radical (unpaired) electrons. The second kappa shape index (κ2) is 15.0. The fourth-order valence-corrected chi connectivity index (χ4v) is 4.99. The van der Waals surface area contributed by atoms with Gasteiger partial charge in [0.15, 0.2) is 11.6 Å². The lowest BCUT2D eigenvalue weighted by molar-refractivity contribution is -0.0222. The van der Waals surface area contributed by atoms with Gasteiger partial charge in [-0.1, -0.05) is 77.4 Å². The fraction of sp³-hybridized carbons (Fsp3) is 0.515. The molecule has 0 heterocycles. The largest absolute Gasteiger partial charge is 0.459 e. The normalized spacial score (nSPS) is 14.4. The van der Waals surface area contributed by atoms with Gasteiger partial charge in [-0.3, -0.25) is 9.59 Å². The molecule has 2 N–H and O–H groups in total. The second-order valence-corrected chi connectivity index (χ2v) is 11.5. The Morgan fingerprint density at radius 1 is 0.780 bits per heavy atom. The molecule has 3 unspecified atom stereocenters. The van der Waals surface area contributed by atoms with Crippen molar-refractivity contribution in [1.29, 1.82) is 0 Å². The van der Waals surface area contributed by atoms with Crippen molar-refractivity contribution in [3.05, 3.63) is 70.8 Å². The average molecular weight is 568 g/mol. The van der Waals surface area contributed by atoms with Gasteiger partial charge >= 0.3 is 11.9 Å². The maximum Gasteiger partial charge on any atom is 0.338 e. The third kappa shape index (κ3) is 8.81. The van der Waals surface area contributed by atoms with Crippen molar-refractivity contribution < 1.29 is 33.4 Å². The molecule has 0 saturated carbocycles. The first kappa shape index (κ1) is 33.8. The standard InChI is InChI=1S/C33H45NO7/c1-8-18-33(6,9-2)29(36)25-15-11-13-17-27(25)31(38)41-21-23(39-7)20-40-30(37)26-16-12-10-14-24(26)28(35)32(4,5)19-22(3)34/h10-17,22-23H,8-9,18-21,34H2,1-7H3. The van der Waals surface area contributed by atoms with Crippen LogP contribution in [0.1, 0.15) is 109 Å². The van der Waals surface area contributed by atoms with Crippen LogP contribution in [-0.2, 0) is 14.2 Å². The van der Waals surface area contributed by atoms with E-state index in [4.69, 9.17) is 19.9 Å². The summed E-state index contributed by atoms with van der Waals surface area (Å²) in [5.74, 6) is -1.65. The van der Waals surface area contributed by atoms with Gasteiger partial charge in [-0.2, -0.15) is 0 Å². The predicted molar refractivity (Wildman–Crippen MR) is 158 cm³/mol. The van der Waals surface area contributed by atoms with Gasteiger partial charge < -0.3 is 19.9 Å². The molecule has 41 heavy (non-hydrogen) atoms. The number of ketones is 2. The first-order chi connectivity index (χ1) is 19.3. The minimum Gasteiger partial charge on any atom is -0.459 e. The lowest BCUT2D eigenvalue weighted by Gasteiger charge is -2.27. The molecule has 224 valence electrons. The summed E-state index contributed by atoms with van der Waals surface area (Å²) in [6.07, 6.45) is 1.90. The van der Waals surface area contributed by atoms with E-state index < -0.39 is 28.9 Å². The first-order valence-corrected chi connectivity index (χ1v) is 14.2. The molecule has 2 aromatic carbocycles. The van der Waals surface area contributed by atoms with Crippen LogP contribution in [-0.4, -0.2) is 56.0 Å². The highest BCUT2D eigenvalue weighted by molar-refractivity contribution is 6.09. The molecular formula is C33H45NO7. The number of rotatable bonds is 16. The van der Waals surface area contributed by atoms with E-state index in [1.807, 2.05) is 27.7 Å². The molecule has 0 amide bonds. The van der Waals surface area contributed by atoms with Crippen LogP contribution >= 0.6 is 0 Å². The molecule has 2 aromatic rings. The van der Waals surface area contributed by atoms with Gasteiger partial charge in [0.25, 0.3) is 0 Å². The number of carbonyl (C=O) groups is 4. The number of hydrogen-bond donors (Lipinski definition) is 1. The molecule has 0 aliphatic carbocycles. The summed E-state index contributed by atoms with van der Waals surface area (Å²) in [7, 11) is 1.41. The predicted octanol–water partition coefficient (Wildman–Crippen LogP) is 6.06. The van der Waals surface area contributed by atoms with Crippen LogP contribution < -0.4 is 5.73 Å². The zero-order valence-electron chi connectivity index (χ0n) is 25.5. The van der Waals surface area contributed by atoms with Crippen molar-refractivity contribution in [2.24, 2.45) is 16.6 Å². The number of nitrogens with two attached hydrogens (primary N) is 1. The Morgan fingerprint density at radius 2 is 1.22 bits per heavy atom. The van der Waals surface area contributed by atoms with E-state index in [1.54, 1.807) is 56.3 Å². The highest BCUT2D eigenvalue weighted by Gasteiger charge is 2.34. The fourth-order valence-electron chi connectivity index (χ4n) is 4.99. The van der Waals surface area contributed by atoms with Crippen LogP contribution in [0.5, 0.6) is 0 Å². The van der Waals surface area contributed by atoms with Gasteiger partial charge in [0.05, 0.1) is 11.1 Å². The van der Waals surface area contributed by atoms with Crippen LogP contribution in [0.2, 0.25) is 0 Å². The van der Waals surface area contributed by atoms with Gasteiger partial charge in [-0.05, 0) is 38.3 Å². The Kier molecular flexibility index (Phi) is 12.4. The van der Waals surface area contributed by atoms with E-state index in [0.717, 1.165) is 6.42 Å². The Hall–Kier alpha value is -3.36. The monoisotopic (exact) mass is 567 g/mol. The first-order valence-electron chi connectivity index (χ1n) is 14.2. The zero-order chi connectivity index (χ0) is 30.8. The lowest BCUT2D eigenvalue weighted by Crippen LogP contribution is -2.33. The Morgan fingerprint density at radius 3 is 1.61 bits per heavy atom. The molecule has 0 aromatic heterocycles. The number of esters is 2. The molecule has 8 heteroatoms. The van der Waals surface area contributed by atoms with Gasteiger partial charge in [0.1, 0.15) is 19.3 Å². The van der Waals surface area contributed by atoms with Crippen molar-refractivity contribution in [3.8, 4) is 0 Å². The van der Waals surface area contributed by atoms with Crippen LogP contribution in [0, 0.1) is 10.8 Å². The van der Waals surface area contributed by atoms with E-state index >= 15 is 0 Å². The molecule has 0 saturated heterocycles. The Labute approximate surface area is 243 Å². The van der Waals surface area contributed by atoms with Crippen molar-refractivity contribution in [1.82, 2.24) is 0 Å². The van der Waals surface area contributed by atoms with Crippen molar-refractivity contribution in [2.75, 3.05) is 20.3 Å². The zero-order valence-corrected chi connectivity index (χ0v) is 25.5. The maximum absolute atomic E-state index is 13.4. The van der Waals surface area contributed by atoms with Crippen molar-refractivity contribution in [3.63, 3.8) is 0 Å². The highest BCUT2D eigenvalue weighted by Crippen LogP contribution is 2.33. The SMILES string of the molecule is CCCC(C)(CC)C(=O)c1ccccc1C(=O)OCC(COC(=O)c1ccccc1C(=O)C(C)(C)CC(C)N)OC. The van der Waals surface area contributed by atoms with Gasteiger partial charge in [-0.15, -0.1) is 0 Å². The van der Waals surface area contributed by atoms with E-state index in [-0.39, 0.29) is 47.5 Å². The summed E-state index contributed by atoms with van der Waals surface area (Å²) in [5, 5.41) is 0. The van der Waals surface area contributed by atoms with E-state index in [9.17, 15) is 19.2 Å². The van der Waals surface area contributed by atoms with E-state index in [1.165, 1.54) is 13.2 Å². The molecule has 0 bridgehead atoms. The minimum atomic E-state index is -0.767. The third-order valence-electron chi connectivity index (χ3n) is 7.49. The number of ether oxygens (including phenoxy) is 3. The van der Waals surface area contributed by atoms with Gasteiger partial charge in [0.2, 0.25) is 0 Å². The quantitative estimate of drug-likeness (QED) is 0.192. The number of Topliss-reactive ketones (excluding diaryl/α,β-unsaturated/α-hetero) is 2. The van der Waals surface area contributed by atoms with Gasteiger partial charge in [-0.25, -0.2) is 9.59 Å². The van der Waals surface area contributed by atoms with Crippen LogP contribution in [0.3, 0.4) is 0 Å². The smallest absolute Gasteiger partial charge is 0.338 e. The summed E-state index contributed by atoms with van der Waals surface area (Å²) < 4.78 is 16.3. The second-order valence-electron chi connectivity index (χ2n) is 11.5. The molecule has 0 aliphatic rings. The summed E-state index contributed by atoms with van der Waals surface area (Å²) >= 11 is 0. The van der Waals surface area contributed by atoms with Crippen molar-refractivity contribution in [2.45, 2.75) is 79.4 Å². The number of hydrogen-bond acceptors (Lipinski definition) is 8. The Balaban J connectivity index is 2.10. The van der Waals surface area contributed by atoms with E-state index in [2.05, 4.69) is 0 Å². The Bertz CT molecular complexity index is 1220.